The smallest absolute Gasteiger partial charge is 0.127 e. The minimum atomic E-state index is 0.180. The zero-order valence-corrected chi connectivity index (χ0v) is 17.9. The predicted molar refractivity (Wildman–Crippen MR) is 120 cm³/mol. The van der Waals surface area contributed by atoms with Gasteiger partial charge in [-0.3, -0.25) is 0 Å². The second-order valence-electron chi connectivity index (χ2n) is 7.63. The molecule has 0 saturated carbocycles. The molecule has 3 aromatic rings. The quantitative estimate of drug-likeness (QED) is 0.527. The normalized spacial score (nSPS) is 11.9. The molecule has 0 spiro atoms. The first-order chi connectivity index (χ1) is 14.0. The van der Waals surface area contributed by atoms with Gasteiger partial charge in [-0.25, -0.2) is 0 Å². The Morgan fingerprint density at radius 1 is 0.690 bits per heavy atom. The van der Waals surface area contributed by atoms with Crippen molar-refractivity contribution in [3.05, 3.63) is 94.0 Å². The standard InChI is InChI=1S/C26H31NO2/c1-18(15-27)24-21(4)25(28-16-22-11-7-5-8-12-22)19(2)20(3)26(24)29-17-23-13-9-6-10-14-23/h5-14,18H,15-17,27H2,1-4H3. The Morgan fingerprint density at radius 3 is 1.62 bits per heavy atom. The van der Waals surface area contributed by atoms with Crippen molar-refractivity contribution in [1.29, 1.82) is 0 Å². The third-order valence-corrected chi connectivity index (χ3v) is 5.53. The summed E-state index contributed by atoms with van der Waals surface area (Å²) < 4.78 is 12.6. The third kappa shape index (κ3) is 4.80. The lowest BCUT2D eigenvalue weighted by Crippen LogP contribution is -2.15. The van der Waals surface area contributed by atoms with E-state index in [1.54, 1.807) is 0 Å². The second-order valence-corrected chi connectivity index (χ2v) is 7.63. The highest BCUT2D eigenvalue weighted by molar-refractivity contribution is 5.59. The zero-order valence-electron chi connectivity index (χ0n) is 17.9. The number of hydrogen-bond donors (Lipinski definition) is 1. The number of rotatable bonds is 8. The molecule has 3 nitrogen and oxygen atoms in total. The van der Waals surface area contributed by atoms with Gasteiger partial charge in [0.2, 0.25) is 0 Å². The maximum absolute atomic E-state index is 6.35. The van der Waals surface area contributed by atoms with Gasteiger partial charge in [-0.1, -0.05) is 67.6 Å². The van der Waals surface area contributed by atoms with Crippen molar-refractivity contribution in [2.75, 3.05) is 6.54 Å². The first kappa shape index (κ1) is 20.9. The number of benzene rings is 3. The van der Waals surface area contributed by atoms with Crippen LogP contribution in [0.5, 0.6) is 11.5 Å². The van der Waals surface area contributed by atoms with Crippen LogP contribution in [0.2, 0.25) is 0 Å². The molecule has 29 heavy (non-hydrogen) atoms. The van der Waals surface area contributed by atoms with Crippen LogP contribution in [0.1, 0.15) is 46.2 Å². The largest absolute Gasteiger partial charge is 0.488 e. The predicted octanol–water partition coefficient (Wildman–Crippen LogP) is 5.83. The van der Waals surface area contributed by atoms with Crippen molar-refractivity contribution >= 4 is 0 Å². The summed E-state index contributed by atoms with van der Waals surface area (Å²) in [7, 11) is 0. The highest BCUT2D eigenvalue weighted by atomic mass is 16.5. The SMILES string of the molecule is Cc1c(C)c(OCc2ccccc2)c(C(C)CN)c(C)c1OCc1ccccc1. The third-order valence-electron chi connectivity index (χ3n) is 5.53. The van der Waals surface area contributed by atoms with Crippen LogP contribution in [-0.2, 0) is 13.2 Å². The molecule has 0 amide bonds. The Kier molecular flexibility index (Phi) is 6.95. The molecule has 0 aliphatic carbocycles. The van der Waals surface area contributed by atoms with Gasteiger partial charge in [0, 0.05) is 5.56 Å². The van der Waals surface area contributed by atoms with E-state index in [0.29, 0.717) is 19.8 Å². The van der Waals surface area contributed by atoms with Crippen LogP contribution < -0.4 is 15.2 Å². The molecule has 3 rings (SSSR count). The molecule has 0 saturated heterocycles. The Hall–Kier alpha value is -2.78. The highest BCUT2D eigenvalue weighted by Crippen LogP contribution is 2.42. The van der Waals surface area contributed by atoms with E-state index >= 15 is 0 Å². The van der Waals surface area contributed by atoms with E-state index in [9.17, 15) is 0 Å². The molecule has 1 unspecified atom stereocenters. The van der Waals surface area contributed by atoms with Crippen LogP contribution in [0.3, 0.4) is 0 Å². The van der Waals surface area contributed by atoms with Gasteiger partial charge >= 0.3 is 0 Å². The first-order valence-electron chi connectivity index (χ1n) is 10.2. The van der Waals surface area contributed by atoms with Gasteiger partial charge in [0.25, 0.3) is 0 Å². The van der Waals surface area contributed by atoms with Crippen LogP contribution in [-0.4, -0.2) is 6.54 Å². The van der Waals surface area contributed by atoms with Gasteiger partial charge in [0.15, 0.2) is 0 Å². The Morgan fingerprint density at radius 2 is 1.14 bits per heavy atom. The summed E-state index contributed by atoms with van der Waals surface area (Å²) >= 11 is 0. The fourth-order valence-electron chi connectivity index (χ4n) is 3.69. The van der Waals surface area contributed by atoms with Crippen molar-refractivity contribution in [3.63, 3.8) is 0 Å². The van der Waals surface area contributed by atoms with E-state index in [0.717, 1.165) is 44.9 Å². The molecule has 0 radical (unpaired) electrons. The molecule has 152 valence electrons. The minimum Gasteiger partial charge on any atom is -0.488 e. The van der Waals surface area contributed by atoms with Gasteiger partial charge in [-0.05, 0) is 61.1 Å². The van der Waals surface area contributed by atoms with E-state index < -0.39 is 0 Å². The molecule has 2 N–H and O–H groups in total. The molecule has 0 aromatic heterocycles. The van der Waals surface area contributed by atoms with Gasteiger partial charge in [0.05, 0.1) is 0 Å². The lowest BCUT2D eigenvalue weighted by molar-refractivity contribution is 0.288. The summed E-state index contributed by atoms with van der Waals surface area (Å²) in [6.45, 7) is 10.1. The lowest BCUT2D eigenvalue weighted by atomic mass is 9.89. The zero-order chi connectivity index (χ0) is 20.8. The Bertz CT molecular complexity index is 936. The fourth-order valence-corrected chi connectivity index (χ4v) is 3.69. The van der Waals surface area contributed by atoms with Crippen molar-refractivity contribution in [2.24, 2.45) is 5.73 Å². The van der Waals surface area contributed by atoms with Crippen LogP contribution >= 0.6 is 0 Å². The van der Waals surface area contributed by atoms with Crippen LogP contribution in [0.4, 0.5) is 0 Å². The summed E-state index contributed by atoms with van der Waals surface area (Å²) in [4.78, 5) is 0. The monoisotopic (exact) mass is 389 g/mol. The van der Waals surface area contributed by atoms with Gasteiger partial charge < -0.3 is 15.2 Å². The van der Waals surface area contributed by atoms with Gasteiger partial charge in [-0.15, -0.1) is 0 Å². The molecular formula is C26H31NO2. The van der Waals surface area contributed by atoms with Crippen LogP contribution in [0.15, 0.2) is 60.7 Å². The molecule has 3 aromatic carbocycles. The topological polar surface area (TPSA) is 44.5 Å². The maximum atomic E-state index is 6.35. The molecule has 0 fully saturated rings. The second kappa shape index (κ2) is 9.62. The average molecular weight is 390 g/mol. The average Bonchev–Trinajstić information content (AvgIpc) is 2.76. The summed E-state index contributed by atoms with van der Waals surface area (Å²) in [6.07, 6.45) is 0. The maximum Gasteiger partial charge on any atom is 0.127 e. The molecular weight excluding hydrogens is 358 g/mol. The summed E-state index contributed by atoms with van der Waals surface area (Å²) in [6, 6.07) is 20.5. The van der Waals surface area contributed by atoms with Crippen LogP contribution in [0.25, 0.3) is 0 Å². The van der Waals surface area contributed by atoms with E-state index in [1.165, 1.54) is 0 Å². The molecule has 3 heteroatoms. The number of hydrogen-bond acceptors (Lipinski definition) is 3. The minimum absolute atomic E-state index is 0.180. The summed E-state index contributed by atoms with van der Waals surface area (Å²) in [5.41, 5.74) is 12.9. The van der Waals surface area contributed by atoms with Gasteiger partial charge in [0.1, 0.15) is 24.7 Å². The van der Waals surface area contributed by atoms with Crippen molar-refractivity contribution < 1.29 is 9.47 Å². The van der Waals surface area contributed by atoms with Crippen molar-refractivity contribution in [1.82, 2.24) is 0 Å². The lowest BCUT2D eigenvalue weighted by Gasteiger charge is -2.25. The summed E-state index contributed by atoms with van der Waals surface area (Å²) in [5.74, 6) is 2.06. The first-order valence-corrected chi connectivity index (χ1v) is 10.2. The van der Waals surface area contributed by atoms with Gasteiger partial charge in [-0.2, -0.15) is 0 Å². The van der Waals surface area contributed by atoms with E-state index in [2.05, 4.69) is 52.0 Å². The van der Waals surface area contributed by atoms with E-state index in [4.69, 9.17) is 15.2 Å². The van der Waals surface area contributed by atoms with Crippen LogP contribution in [0, 0.1) is 20.8 Å². The highest BCUT2D eigenvalue weighted by Gasteiger charge is 2.23. The molecule has 0 aliphatic heterocycles. The van der Waals surface area contributed by atoms with E-state index in [-0.39, 0.29) is 5.92 Å². The molecule has 0 bridgehead atoms. The fraction of sp³-hybridized carbons (Fsp3) is 0.308. The molecule has 0 aliphatic rings. The molecule has 0 heterocycles. The van der Waals surface area contributed by atoms with Crippen molar-refractivity contribution in [2.45, 2.75) is 46.8 Å². The molecule has 1 atom stereocenters. The summed E-state index contributed by atoms with van der Waals surface area (Å²) in [5, 5.41) is 0. The van der Waals surface area contributed by atoms with Crippen molar-refractivity contribution in [3.8, 4) is 11.5 Å². The Balaban J connectivity index is 1.95. The Labute approximate surface area is 174 Å². The van der Waals surface area contributed by atoms with E-state index in [1.807, 2.05) is 36.4 Å². The number of nitrogens with two attached hydrogens (primary N) is 1. The number of ether oxygens (including phenoxy) is 2.